The van der Waals surface area contributed by atoms with E-state index in [-0.39, 0.29) is 11.4 Å². The fourth-order valence-corrected chi connectivity index (χ4v) is 2.85. The lowest BCUT2D eigenvalue weighted by atomic mass is 10.1. The van der Waals surface area contributed by atoms with Gasteiger partial charge in [0.25, 0.3) is 5.91 Å². The quantitative estimate of drug-likeness (QED) is 0.783. The van der Waals surface area contributed by atoms with Crippen LogP contribution in [0.3, 0.4) is 0 Å². The summed E-state index contributed by atoms with van der Waals surface area (Å²) in [5.74, 6) is 1.02. The molecule has 0 aliphatic heterocycles. The predicted molar refractivity (Wildman–Crippen MR) is 98.5 cm³/mol. The van der Waals surface area contributed by atoms with Crippen molar-refractivity contribution in [3.8, 4) is 5.82 Å². The zero-order valence-corrected chi connectivity index (χ0v) is 15.2. The maximum Gasteiger partial charge on any atom is 0.274 e. The van der Waals surface area contributed by atoms with Gasteiger partial charge in [-0.25, -0.2) is 9.67 Å². The number of hydrogen-bond donors (Lipinski definition) is 1. The molecule has 7 heteroatoms. The number of hydrogen-bond acceptors (Lipinski definition) is 4. The van der Waals surface area contributed by atoms with Crippen molar-refractivity contribution in [2.24, 2.45) is 0 Å². The first kappa shape index (κ1) is 16.5. The second-order valence-electron chi connectivity index (χ2n) is 7.62. The molecule has 1 aliphatic carbocycles. The summed E-state index contributed by atoms with van der Waals surface area (Å²) in [6, 6.07) is 7.40. The van der Waals surface area contributed by atoms with Crippen LogP contribution in [0.5, 0.6) is 0 Å². The van der Waals surface area contributed by atoms with Crippen LogP contribution in [-0.4, -0.2) is 30.5 Å². The van der Waals surface area contributed by atoms with E-state index in [9.17, 15) is 4.79 Å². The van der Waals surface area contributed by atoms with Crippen molar-refractivity contribution in [1.29, 1.82) is 0 Å². The molecule has 4 rings (SSSR count). The lowest BCUT2D eigenvalue weighted by Crippen LogP contribution is -2.29. The number of amides is 1. The Hall–Kier alpha value is -2.96. The third-order valence-electron chi connectivity index (χ3n) is 4.34. The summed E-state index contributed by atoms with van der Waals surface area (Å²) < 4.78 is 3.49. The first-order valence-electron chi connectivity index (χ1n) is 8.80. The number of rotatable bonds is 4. The van der Waals surface area contributed by atoms with Crippen LogP contribution < -0.4 is 5.32 Å². The molecule has 1 amide bonds. The molecule has 0 bridgehead atoms. The average molecular weight is 350 g/mol. The Balaban J connectivity index is 1.56. The minimum Gasteiger partial charge on any atom is -0.319 e. The highest BCUT2D eigenvalue weighted by Crippen LogP contribution is 2.40. The van der Waals surface area contributed by atoms with Crippen molar-refractivity contribution in [3.63, 3.8) is 0 Å². The van der Waals surface area contributed by atoms with Gasteiger partial charge in [-0.15, -0.1) is 0 Å². The zero-order valence-electron chi connectivity index (χ0n) is 15.2. The molecular weight excluding hydrogens is 328 g/mol. The number of aromatic nitrogens is 5. The van der Waals surface area contributed by atoms with Crippen LogP contribution in [0.25, 0.3) is 5.82 Å². The molecule has 0 saturated heterocycles. The molecular formula is C19H22N6O. The molecule has 1 fully saturated rings. The summed E-state index contributed by atoms with van der Waals surface area (Å²) in [4.78, 5) is 17.2. The van der Waals surface area contributed by atoms with Gasteiger partial charge in [-0.05, 0) is 57.9 Å². The van der Waals surface area contributed by atoms with Crippen LogP contribution >= 0.6 is 0 Å². The van der Waals surface area contributed by atoms with Crippen molar-refractivity contribution in [1.82, 2.24) is 24.5 Å². The van der Waals surface area contributed by atoms with E-state index in [1.165, 1.54) is 0 Å². The number of pyridine rings is 1. The topological polar surface area (TPSA) is 77.6 Å². The zero-order chi connectivity index (χ0) is 18.3. The van der Waals surface area contributed by atoms with Crippen molar-refractivity contribution >= 4 is 11.6 Å². The second-order valence-corrected chi connectivity index (χ2v) is 7.62. The van der Waals surface area contributed by atoms with Gasteiger partial charge in [0.15, 0.2) is 5.82 Å². The molecule has 0 radical (unpaired) electrons. The van der Waals surface area contributed by atoms with E-state index in [0.29, 0.717) is 23.1 Å². The van der Waals surface area contributed by atoms with Gasteiger partial charge in [-0.1, -0.05) is 0 Å². The molecule has 0 atom stereocenters. The number of nitrogens with zero attached hydrogens (tertiary/aromatic N) is 5. The standard InChI is InChI=1S/C19H22N6O/c1-19(2,3)25-16(11-15(23-25)13-5-6-13)18(26)22-14-7-8-17(20-12-14)24-10-4-9-21-24/h4,7-13H,5-6H2,1-3H3,(H,22,26). The molecule has 0 spiro atoms. The van der Waals surface area contributed by atoms with Crippen LogP contribution in [-0.2, 0) is 5.54 Å². The highest BCUT2D eigenvalue weighted by Gasteiger charge is 2.31. The van der Waals surface area contributed by atoms with E-state index >= 15 is 0 Å². The Bertz CT molecular complexity index is 914. The van der Waals surface area contributed by atoms with Gasteiger partial charge in [-0.3, -0.25) is 9.48 Å². The third kappa shape index (κ3) is 3.24. The van der Waals surface area contributed by atoms with E-state index in [2.05, 4.69) is 20.5 Å². The van der Waals surface area contributed by atoms with Crippen molar-refractivity contribution < 1.29 is 4.79 Å². The molecule has 0 unspecified atom stereocenters. The van der Waals surface area contributed by atoms with Crippen molar-refractivity contribution in [2.75, 3.05) is 5.32 Å². The molecule has 3 heterocycles. The summed E-state index contributed by atoms with van der Waals surface area (Å²) >= 11 is 0. The Morgan fingerprint density at radius 2 is 2.08 bits per heavy atom. The molecule has 3 aromatic rings. The van der Waals surface area contributed by atoms with Gasteiger partial charge in [0.05, 0.1) is 23.1 Å². The van der Waals surface area contributed by atoms with E-state index < -0.39 is 0 Å². The molecule has 3 aromatic heterocycles. The van der Waals surface area contributed by atoms with Crippen molar-refractivity contribution in [3.05, 3.63) is 54.2 Å². The molecule has 134 valence electrons. The Morgan fingerprint density at radius 1 is 1.27 bits per heavy atom. The maximum absolute atomic E-state index is 12.8. The highest BCUT2D eigenvalue weighted by molar-refractivity contribution is 6.03. The minimum absolute atomic E-state index is 0.173. The minimum atomic E-state index is -0.262. The van der Waals surface area contributed by atoms with Crippen LogP contribution in [0, 0.1) is 0 Å². The molecule has 7 nitrogen and oxygen atoms in total. The summed E-state index contributed by atoms with van der Waals surface area (Å²) in [5.41, 5.74) is 1.97. The molecule has 1 N–H and O–H groups in total. The lowest BCUT2D eigenvalue weighted by molar-refractivity contribution is 0.100. The molecule has 1 aliphatic rings. The number of nitrogens with one attached hydrogen (secondary N) is 1. The SMILES string of the molecule is CC(C)(C)n1nc(C2CC2)cc1C(=O)Nc1ccc(-n2cccn2)nc1. The first-order chi connectivity index (χ1) is 12.4. The molecule has 26 heavy (non-hydrogen) atoms. The summed E-state index contributed by atoms with van der Waals surface area (Å²) in [6.07, 6.45) is 7.46. The fraction of sp³-hybridized carbons (Fsp3) is 0.368. The van der Waals surface area contributed by atoms with Crippen LogP contribution in [0.1, 0.15) is 55.7 Å². The van der Waals surface area contributed by atoms with Crippen LogP contribution in [0.15, 0.2) is 42.9 Å². The summed E-state index contributed by atoms with van der Waals surface area (Å²) in [6.45, 7) is 6.15. The van der Waals surface area contributed by atoms with Gasteiger partial charge < -0.3 is 5.32 Å². The molecule has 1 saturated carbocycles. The predicted octanol–water partition coefficient (Wildman–Crippen LogP) is 3.35. The number of anilines is 1. The van der Waals surface area contributed by atoms with Crippen LogP contribution in [0.2, 0.25) is 0 Å². The van der Waals surface area contributed by atoms with E-state index in [0.717, 1.165) is 18.5 Å². The van der Waals surface area contributed by atoms with Crippen molar-refractivity contribution in [2.45, 2.75) is 45.1 Å². The number of carbonyl (C=O) groups excluding carboxylic acids is 1. The smallest absolute Gasteiger partial charge is 0.274 e. The lowest BCUT2D eigenvalue weighted by Gasteiger charge is -2.22. The Kier molecular flexibility index (Phi) is 3.86. The summed E-state index contributed by atoms with van der Waals surface area (Å²) in [7, 11) is 0. The van der Waals surface area contributed by atoms with E-state index in [1.807, 2.05) is 55.9 Å². The normalized spacial score (nSPS) is 14.4. The largest absolute Gasteiger partial charge is 0.319 e. The monoisotopic (exact) mass is 350 g/mol. The van der Waals surface area contributed by atoms with Gasteiger partial charge in [0, 0.05) is 18.3 Å². The van der Waals surface area contributed by atoms with E-state index in [1.54, 1.807) is 17.1 Å². The Morgan fingerprint density at radius 3 is 2.65 bits per heavy atom. The fourth-order valence-electron chi connectivity index (χ4n) is 2.85. The Labute approximate surface area is 152 Å². The van der Waals surface area contributed by atoms with Gasteiger partial charge in [0.2, 0.25) is 0 Å². The average Bonchev–Trinajstić information content (AvgIpc) is 3.12. The van der Waals surface area contributed by atoms with Crippen LogP contribution in [0.4, 0.5) is 5.69 Å². The van der Waals surface area contributed by atoms with Gasteiger partial charge >= 0.3 is 0 Å². The summed E-state index contributed by atoms with van der Waals surface area (Å²) in [5, 5.41) is 11.8. The third-order valence-corrected chi connectivity index (χ3v) is 4.34. The molecule has 0 aromatic carbocycles. The van der Waals surface area contributed by atoms with E-state index in [4.69, 9.17) is 0 Å². The second kappa shape index (κ2) is 6.09. The highest BCUT2D eigenvalue weighted by atomic mass is 16.2. The first-order valence-corrected chi connectivity index (χ1v) is 8.80. The number of carbonyl (C=O) groups is 1. The van der Waals surface area contributed by atoms with Gasteiger partial charge in [-0.2, -0.15) is 10.2 Å². The maximum atomic E-state index is 12.8. The van der Waals surface area contributed by atoms with Gasteiger partial charge in [0.1, 0.15) is 5.69 Å².